The molecule has 0 radical (unpaired) electrons. The maximum Gasteiger partial charge on any atom is 0.243 e. The summed E-state index contributed by atoms with van der Waals surface area (Å²) < 4.78 is 32.9. The third-order valence-corrected chi connectivity index (χ3v) is 7.41. The van der Waals surface area contributed by atoms with Gasteiger partial charge in [-0.05, 0) is 61.1 Å². The van der Waals surface area contributed by atoms with E-state index in [2.05, 4.69) is 23.3 Å². The molecule has 3 aromatic rings. The topological polar surface area (TPSA) is 62.4 Å². The number of sulfonamides is 1. The van der Waals surface area contributed by atoms with Crippen molar-refractivity contribution in [2.75, 3.05) is 20.2 Å². The fourth-order valence-corrected chi connectivity index (χ4v) is 5.55. The van der Waals surface area contributed by atoms with Crippen LogP contribution >= 0.6 is 0 Å². The number of para-hydroxylation sites is 1. The number of nitrogens with one attached hydrogen (secondary N) is 1. The van der Waals surface area contributed by atoms with Crippen LogP contribution in [-0.4, -0.2) is 37.9 Å². The van der Waals surface area contributed by atoms with Crippen LogP contribution in [0.4, 0.5) is 0 Å². The van der Waals surface area contributed by atoms with Gasteiger partial charge in [0.15, 0.2) is 0 Å². The molecule has 1 N–H and O–H groups in total. The Balaban J connectivity index is 1.52. The number of piperidine rings is 1. The number of aromatic nitrogens is 1. The Morgan fingerprint density at radius 3 is 2.56 bits per heavy atom. The number of aromatic amines is 1. The Kier molecular flexibility index (Phi) is 4.70. The molecule has 142 valence electrons. The lowest BCUT2D eigenvalue weighted by molar-refractivity contribution is 0.320. The van der Waals surface area contributed by atoms with Crippen molar-refractivity contribution in [2.45, 2.75) is 30.6 Å². The molecule has 0 spiro atoms. The van der Waals surface area contributed by atoms with Gasteiger partial charge < -0.3 is 9.72 Å². The summed E-state index contributed by atoms with van der Waals surface area (Å²) in [5.41, 5.74) is 3.26. The summed E-state index contributed by atoms with van der Waals surface area (Å²) in [4.78, 5) is 3.67. The van der Waals surface area contributed by atoms with Gasteiger partial charge in [0.05, 0.1) is 12.0 Å². The molecule has 0 unspecified atom stereocenters. The molecule has 0 aliphatic carbocycles. The normalized spacial score (nSPS) is 16.7. The molecule has 27 heavy (non-hydrogen) atoms. The molecule has 2 aromatic carbocycles. The molecule has 0 saturated carbocycles. The lowest BCUT2D eigenvalue weighted by Crippen LogP contribution is -2.37. The van der Waals surface area contributed by atoms with Crippen molar-refractivity contribution in [3.8, 4) is 5.75 Å². The third kappa shape index (κ3) is 3.24. The number of rotatable bonds is 4. The summed E-state index contributed by atoms with van der Waals surface area (Å²) in [6.07, 6.45) is 3.73. The number of hydrogen-bond donors (Lipinski definition) is 1. The Morgan fingerprint density at radius 1 is 1.11 bits per heavy atom. The monoisotopic (exact) mass is 384 g/mol. The maximum absolute atomic E-state index is 13.0. The summed E-state index contributed by atoms with van der Waals surface area (Å²) in [5, 5.41) is 1.24. The van der Waals surface area contributed by atoms with Gasteiger partial charge >= 0.3 is 0 Å². The van der Waals surface area contributed by atoms with E-state index in [9.17, 15) is 8.42 Å². The molecule has 1 saturated heterocycles. The predicted octanol–water partition coefficient (Wildman–Crippen LogP) is 4.05. The lowest BCUT2D eigenvalue weighted by atomic mass is 9.90. The first kappa shape index (κ1) is 18.1. The predicted molar refractivity (Wildman–Crippen MR) is 107 cm³/mol. The quantitative estimate of drug-likeness (QED) is 0.738. The fourth-order valence-electron chi connectivity index (χ4n) is 4.00. The van der Waals surface area contributed by atoms with E-state index in [4.69, 9.17) is 4.74 Å². The van der Waals surface area contributed by atoms with Crippen LogP contribution in [-0.2, 0) is 10.0 Å². The van der Waals surface area contributed by atoms with Gasteiger partial charge in [-0.1, -0.05) is 18.2 Å². The molecule has 1 aliphatic heterocycles. The van der Waals surface area contributed by atoms with Crippen LogP contribution < -0.4 is 4.74 Å². The SMILES string of the molecule is COc1ccc(S(=O)(=O)N2CCC(c3c[nH]c4ccccc34)CC2)cc1C. The molecule has 1 fully saturated rings. The molecule has 0 atom stereocenters. The largest absolute Gasteiger partial charge is 0.496 e. The Labute approximate surface area is 160 Å². The average Bonchev–Trinajstić information content (AvgIpc) is 3.12. The molecule has 4 rings (SSSR count). The van der Waals surface area contributed by atoms with Crippen molar-refractivity contribution >= 4 is 20.9 Å². The minimum atomic E-state index is -3.47. The van der Waals surface area contributed by atoms with Crippen LogP contribution in [0.15, 0.2) is 53.6 Å². The summed E-state index contributed by atoms with van der Waals surface area (Å²) in [7, 11) is -1.89. The Hall–Kier alpha value is -2.31. The van der Waals surface area contributed by atoms with E-state index in [0.717, 1.165) is 23.9 Å². The van der Waals surface area contributed by atoms with Crippen LogP contribution in [0.25, 0.3) is 10.9 Å². The minimum Gasteiger partial charge on any atom is -0.496 e. The average molecular weight is 385 g/mol. The molecular formula is C21H24N2O3S. The van der Waals surface area contributed by atoms with Gasteiger partial charge in [0.1, 0.15) is 5.75 Å². The van der Waals surface area contributed by atoms with Crippen LogP contribution in [0.3, 0.4) is 0 Å². The number of benzene rings is 2. The number of H-pyrrole nitrogens is 1. The number of nitrogens with zero attached hydrogens (tertiary/aromatic N) is 1. The van der Waals surface area contributed by atoms with Gasteiger partial charge in [0.25, 0.3) is 0 Å². The number of hydrogen-bond acceptors (Lipinski definition) is 3. The first-order chi connectivity index (χ1) is 13.0. The summed E-state index contributed by atoms with van der Waals surface area (Å²) >= 11 is 0. The lowest BCUT2D eigenvalue weighted by Gasteiger charge is -2.31. The highest BCUT2D eigenvalue weighted by atomic mass is 32.2. The number of aryl methyl sites for hydroxylation is 1. The van der Waals surface area contributed by atoms with Gasteiger partial charge in [-0.3, -0.25) is 0 Å². The van der Waals surface area contributed by atoms with E-state index >= 15 is 0 Å². The minimum absolute atomic E-state index is 0.339. The molecule has 6 heteroatoms. The van der Waals surface area contributed by atoms with Crippen molar-refractivity contribution in [2.24, 2.45) is 0 Å². The third-order valence-electron chi connectivity index (χ3n) is 5.52. The zero-order valence-electron chi connectivity index (χ0n) is 15.6. The first-order valence-corrected chi connectivity index (χ1v) is 10.7. The second kappa shape index (κ2) is 7.02. The Morgan fingerprint density at radius 2 is 1.85 bits per heavy atom. The van der Waals surface area contributed by atoms with E-state index in [1.165, 1.54) is 10.9 Å². The highest BCUT2D eigenvalue weighted by Crippen LogP contribution is 2.35. The van der Waals surface area contributed by atoms with Gasteiger partial charge in [-0.25, -0.2) is 8.42 Å². The zero-order chi connectivity index (χ0) is 19.0. The maximum atomic E-state index is 13.0. The number of ether oxygens (including phenoxy) is 1. The molecular weight excluding hydrogens is 360 g/mol. The molecule has 0 amide bonds. The zero-order valence-corrected chi connectivity index (χ0v) is 16.4. The standard InChI is InChI=1S/C21H24N2O3S/c1-15-13-17(7-8-21(15)26-2)27(24,25)23-11-9-16(10-12-23)19-14-22-20-6-4-3-5-18(19)20/h3-8,13-14,16,22H,9-12H2,1-2H3. The van der Waals surface area contributed by atoms with Crippen LogP contribution in [0.2, 0.25) is 0 Å². The van der Waals surface area contributed by atoms with E-state index in [-0.39, 0.29) is 0 Å². The van der Waals surface area contributed by atoms with Gasteiger partial charge in [-0.2, -0.15) is 4.31 Å². The van der Waals surface area contributed by atoms with Crippen molar-refractivity contribution < 1.29 is 13.2 Å². The van der Waals surface area contributed by atoms with Crippen molar-refractivity contribution in [3.63, 3.8) is 0 Å². The van der Waals surface area contributed by atoms with E-state index in [1.54, 1.807) is 29.6 Å². The van der Waals surface area contributed by atoms with Crippen LogP contribution in [0.5, 0.6) is 5.75 Å². The fraction of sp³-hybridized carbons (Fsp3) is 0.333. The van der Waals surface area contributed by atoms with Crippen LogP contribution in [0, 0.1) is 6.92 Å². The summed E-state index contributed by atoms with van der Waals surface area (Å²) in [5.74, 6) is 1.08. The first-order valence-electron chi connectivity index (χ1n) is 9.21. The van der Waals surface area contributed by atoms with E-state index in [1.807, 2.05) is 19.1 Å². The van der Waals surface area contributed by atoms with Crippen molar-refractivity contribution in [3.05, 3.63) is 59.8 Å². The Bertz CT molecular complexity index is 1060. The second-order valence-corrected chi connectivity index (χ2v) is 9.04. The van der Waals surface area contributed by atoms with Gasteiger partial charge in [-0.15, -0.1) is 0 Å². The highest BCUT2D eigenvalue weighted by molar-refractivity contribution is 7.89. The number of methoxy groups -OCH3 is 1. The van der Waals surface area contributed by atoms with E-state index < -0.39 is 10.0 Å². The van der Waals surface area contributed by atoms with Crippen LogP contribution in [0.1, 0.15) is 29.9 Å². The van der Waals surface area contributed by atoms with Crippen molar-refractivity contribution in [1.29, 1.82) is 0 Å². The summed E-state index contributed by atoms with van der Waals surface area (Å²) in [6, 6.07) is 13.3. The second-order valence-electron chi connectivity index (χ2n) is 7.10. The highest BCUT2D eigenvalue weighted by Gasteiger charge is 2.31. The smallest absolute Gasteiger partial charge is 0.243 e. The number of fused-ring (bicyclic) bond motifs is 1. The molecule has 1 aliphatic rings. The van der Waals surface area contributed by atoms with E-state index in [0.29, 0.717) is 29.7 Å². The summed E-state index contributed by atoms with van der Waals surface area (Å²) in [6.45, 7) is 2.94. The molecule has 2 heterocycles. The van der Waals surface area contributed by atoms with Gasteiger partial charge in [0.2, 0.25) is 10.0 Å². The van der Waals surface area contributed by atoms with Gasteiger partial charge in [0, 0.05) is 30.2 Å². The molecule has 1 aromatic heterocycles. The van der Waals surface area contributed by atoms with Crippen molar-refractivity contribution in [1.82, 2.24) is 9.29 Å². The molecule has 0 bridgehead atoms. The molecule has 5 nitrogen and oxygen atoms in total.